The van der Waals surface area contributed by atoms with E-state index in [-0.39, 0.29) is 22.5 Å². The van der Waals surface area contributed by atoms with Crippen LogP contribution < -0.4 is 15.0 Å². The summed E-state index contributed by atoms with van der Waals surface area (Å²) in [6, 6.07) is 20.9. The Morgan fingerprint density at radius 1 is 0.911 bits per heavy atom. The molecule has 3 aromatic carbocycles. The predicted molar refractivity (Wildman–Crippen MR) is 224 cm³/mol. The van der Waals surface area contributed by atoms with Crippen LogP contribution in [-0.2, 0) is 41.2 Å². The number of amides is 1. The molecule has 0 radical (unpaired) electrons. The molecule has 0 atom stereocenters. The molecule has 1 aliphatic rings. The zero-order valence-electron chi connectivity index (χ0n) is 33.8. The third kappa shape index (κ3) is 13.4. The number of hydrogen-bond acceptors (Lipinski definition) is 9. The van der Waals surface area contributed by atoms with Crippen molar-refractivity contribution < 1.29 is 32.2 Å². The van der Waals surface area contributed by atoms with Crippen molar-refractivity contribution in [3.63, 3.8) is 0 Å². The number of carbonyl (C=O) groups excluding carboxylic acids is 2. The number of unbranched alkanes of at least 4 members (excludes halogenated alkanes) is 1. The highest BCUT2D eigenvalue weighted by Crippen LogP contribution is 2.34. The number of carbonyl (C=O) groups is 2. The first-order valence-electron chi connectivity index (χ1n) is 19.6. The Hall–Kier alpha value is -4.94. The van der Waals surface area contributed by atoms with E-state index in [0.29, 0.717) is 62.2 Å². The quantitative estimate of drug-likeness (QED) is 0.0779. The molecule has 0 aliphatic carbocycles. The largest absolute Gasteiger partial charge is 0.491 e. The number of esters is 1. The molecule has 2 heterocycles. The number of nitrogens with zero attached hydrogens (tertiary/aromatic N) is 3. The lowest BCUT2D eigenvalue weighted by molar-refractivity contribution is -0.140. The Bertz CT molecular complexity index is 1990. The molecule has 0 fully saturated rings. The molecule has 5 rings (SSSR count). The monoisotopic (exact) mass is 786 g/mol. The second kappa shape index (κ2) is 22.0. The van der Waals surface area contributed by atoms with Crippen molar-refractivity contribution in [3.05, 3.63) is 96.1 Å². The van der Waals surface area contributed by atoms with E-state index in [1.165, 1.54) is 6.92 Å². The van der Waals surface area contributed by atoms with Gasteiger partial charge in [0.05, 0.1) is 35.9 Å². The number of imidazole rings is 1. The number of ether oxygens (including phenoxy) is 3. The van der Waals surface area contributed by atoms with Crippen LogP contribution in [0, 0.1) is 5.92 Å². The summed E-state index contributed by atoms with van der Waals surface area (Å²) >= 11 is 0. The number of hydrogen-bond donors (Lipinski definition) is 1. The topological polar surface area (TPSA) is 129 Å². The first-order valence-corrected chi connectivity index (χ1v) is 21.3. The van der Waals surface area contributed by atoms with Gasteiger partial charge in [-0.2, -0.15) is 0 Å². The maximum atomic E-state index is 13.7. The van der Waals surface area contributed by atoms with E-state index in [2.05, 4.69) is 71.0 Å². The molecule has 0 spiro atoms. The van der Waals surface area contributed by atoms with Crippen LogP contribution in [0.3, 0.4) is 0 Å². The average molecular weight is 787 g/mol. The zero-order chi connectivity index (χ0) is 40.5. The van der Waals surface area contributed by atoms with Gasteiger partial charge < -0.3 is 29.0 Å². The molecule has 302 valence electrons. The molecule has 1 amide bonds. The van der Waals surface area contributed by atoms with E-state index in [4.69, 9.17) is 9.47 Å². The summed E-state index contributed by atoms with van der Waals surface area (Å²) in [5.41, 5.74) is 6.06. The van der Waals surface area contributed by atoms with Gasteiger partial charge in [-0.15, -0.1) is 0 Å². The number of rotatable bonds is 18. The second-order valence-electron chi connectivity index (χ2n) is 14.1. The molecular weight excluding hydrogens is 729 g/mol. The summed E-state index contributed by atoms with van der Waals surface area (Å²) in [6.07, 6.45) is 8.89. The molecule has 56 heavy (non-hydrogen) atoms. The minimum atomic E-state index is -3.58. The van der Waals surface area contributed by atoms with Crippen LogP contribution >= 0.6 is 0 Å². The second-order valence-corrected chi connectivity index (χ2v) is 16.1. The van der Waals surface area contributed by atoms with Crippen molar-refractivity contribution in [2.75, 3.05) is 49.7 Å². The highest BCUT2D eigenvalue weighted by molar-refractivity contribution is 7.90. The lowest BCUT2D eigenvalue weighted by atomic mass is 10.00. The Labute approximate surface area is 333 Å². The molecule has 0 bridgehead atoms. The van der Waals surface area contributed by atoms with Crippen molar-refractivity contribution in [2.45, 2.75) is 84.4 Å². The number of aryl methyl sites for hydroxylation is 1. The maximum absolute atomic E-state index is 13.7. The minimum absolute atomic E-state index is 0.133. The van der Waals surface area contributed by atoms with Gasteiger partial charge in [0.1, 0.15) is 12.4 Å². The number of aromatic nitrogens is 2. The molecule has 4 aromatic rings. The number of sulfone groups is 1. The number of benzene rings is 3. The third-order valence-electron chi connectivity index (χ3n) is 8.97. The van der Waals surface area contributed by atoms with Gasteiger partial charge in [0.25, 0.3) is 5.91 Å². The van der Waals surface area contributed by atoms with Gasteiger partial charge >= 0.3 is 5.97 Å². The first-order chi connectivity index (χ1) is 26.9. The van der Waals surface area contributed by atoms with Crippen molar-refractivity contribution in [3.8, 4) is 16.9 Å². The van der Waals surface area contributed by atoms with Crippen molar-refractivity contribution >= 4 is 39.2 Å². The summed E-state index contributed by atoms with van der Waals surface area (Å²) in [5.74, 6) is 0.704. The molecule has 0 saturated heterocycles. The van der Waals surface area contributed by atoms with E-state index < -0.39 is 9.84 Å². The van der Waals surface area contributed by atoms with Gasteiger partial charge in [0.2, 0.25) is 0 Å². The minimum Gasteiger partial charge on any atom is -0.491 e. The van der Waals surface area contributed by atoms with Gasteiger partial charge in [-0.25, -0.2) is 13.4 Å². The Morgan fingerprint density at radius 3 is 2.29 bits per heavy atom. The van der Waals surface area contributed by atoms with E-state index in [1.54, 1.807) is 43.7 Å². The normalized spacial score (nSPS) is 12.6. The van der Waals surface area contributed by atoms with Gasteiger partial charge in [0, 0.05) is 56.3 Å². The van der Waals surface area contributed by atoms with Crippen LogP contribution in [0.5, 0.6) is 5.75 Å². The van der Waals surface area contributed by atoms with Crippen molar-refractivity contribution in [1.29, 1.82) is 0 Å². The SMILES string of the molecule is CCCCOCCOc1ccc(-c2ccc3c(c2)C=C(C(=O)Nc2ccc(S(=O)(=O)Cc4cncn4CCC)cc2)CCN3CC(C)C)cc1.CCOC(C)=O. The van der Waals surface area contributed by atoms with E-state index >= 15 is 0 Å². The first kappa shape index (κ1) is 43.8. The summed E-state index contributed by atoms with van der Waals surface area (Å²) in [7, 11) is -3.58. The Balaban J connectivity index is 0.00000107. The highest BCUT2D eigenvalue weighted by Gasteiger charge is 2.22. The lowest BCUT2D eigenvalue weighted by Gasteiger charge is -2.27. The average Bonchev–Trinajstić information content (AvgIpc) is 3.51. The van der Waals surface area contributed by atoms with Gasteiger partial charge in [-0.1, -0.05) is 52.3 Å². The van der Waals surface area contributed by atoms with Crippen molar-refractivity contribution in [1.82, 2.24) is 9.55 Å². The van der Waals surface area contributed by atoms with Crippen LogP contribution in [0.1, 0.15) is 78.5 Å². The van der Waals surface area contributed by atoms with Crippen molar-refractivity contribution in [2.24, 2.45) is 5.92 Å². The van der Waals surface area contributed by atoms with E-state index in [0.717, 1.165) is 60.5 Å². The van der Waals surface area contributed by atoms with Crippen LogP contribution in [-0.4, -0.2) is 69.4 Å². The summed E-state index contributed by atoms with van der Waals surface area (Å²) in [6.45, 7) is 16.4. The smallest absolute Gasteiger partial charge is 0.302 e. The fourth-order valence-corrected chi connectivity index (χ4v) is 7.59. The van der Waals surface area contributed by atoms with Gasteiger partial charge in [-0.05, 0) is 103 Å². The number of fused-ring (bicyclic) bond motifs is 1. The van der Waals surface area contributed by atoms with Gasteiger partial charge in [-0.3, -0.25) is 9.59 Å². The molecule has 1 aromatic heterocycles. The molecule has 12 heteroatoms. The summed E-state index contributed by atoms with van der Waals surface area (Å²) in [5, 5.41) is 3.00. The van der Waals surface area contributed by atoms with Crippen LogP contribution in [0.2, 0.25) is 0 Å². The zero-order valence-corrected chi connectivity index (χ0v) is 34.6. The maximum Gasteiger partial charge on any atom is 0.302 e. The Morgan fingerprint density at radius 2 is 1.64 bits per heavy atom. The Kier molecular flexibility index (Phi) is 17.2. The van der Waals surface area contributed by atoms with E-state index in [1.807, 2.05) is 29.7 Å². The number of anilines is 2. The van der Waals surface area contributed by atoms with E-state index in [9.17, 15) is 18.0 Å². The molecule has 1 N–H and O–H groups in total. The van der Waals surface area contributed by atoms with Crippen LogP contribution in [0.4, 0.5) is 11.4 Å². The predicted octanol–water partition coefficient (Wildman–Crippen LogP) is 8.59. The molecule has 11 nitrogen and oxygen atoms in total. The van der Waals surface area contributed by atoms with Crippen LogP contribution in [0.15, 0.2) is 89.7 Å². The standard InChI is InChI=1S/C40H50N4O5S.C4H8O2/c1-5-7-21-48-22-23-49-37-13-8-31(9-14-37)32-10-17-39-34(24-32)25-33(18-20-43(39)27-30(3)4)40(45)42-35-11-15-38(16-12-35)50(46,47)28-36-26-41-29-44(36)19-6-2;1-3-6-4(2)5/h8-17,24-26,29-30H,5-7,18-23,27-28H2,1-4H3,(H,42,45);3H2,1-2H3. The molecular formula is C44H58N4O7S. The molecule has 0 saturated carbocycles. The highest BCUT2D eigenvalue weighted by atomic mass is 32.2. The fraction of sp³-hybridized carbons (Fsp3) is 0.432. The summed E-state index contributed by atoms with van der Waals surface area (Å²) in [4.78, 5) is 30.2. The molecule has 0 unspecified atom stereocenters. The van der Waals surface area contributed by atoms with Gasteiger partial charge in [0.15, 0.2) is 9.84 Å². The van der Waals surface area contributed by atoms with Crippen LogP contribution in [0.25, 0.3) is 17.2 Å². The fourth-order valence-electron chi connectivity index (χ4n) is 6.24. The number of nitrogens with one attached hydrogen (secondary N) is 1. The lowest BCUT2D eigenvalue weighted by Crippen LogP contribution is -2.29. The summed E-state index contributed by atoms with van der Waals surface area (Å²) < 4.78 is 44.1. The third-order valence-corrected chi connectivity index (χ3v) is 10.6. The molecule has 1 aliphatic heterocycles.